The predicted octanol–water partition coefficient (Wildman–Crippen LogP) is 5.37. The van der Waals surface area contributed by atoms with Crippen LogP contribution in [0.3, 0.4) is 0 Å². The van der Waals surface area contributed by atoms with Crippen molar-refractivity contribution >= 4 is 24.0 Å². The first-order valence-corrected chi connectivity index (χ1v) is 9.32. The molecule has 2 aliphatic carbocycles. The van der Waals surface area contributed by atoms with E-state index in [1.54, 1.807) is 12.1 Å². The molecule has 29 heavy (non-hydrogen) atoms. The summed E-state index contributed by atoms with van der Waals surface area (Å²) in [5, 5.41) is 6.02. The SMILES string of the molecule is Cl.O=C(Nc1ccc(C2CC2NCC2CC2)cc1)c1cc(C(F)(F)F)ccc1F. The van der Waals surface area contributed by atoms with Gasteiger partial charge in [-0.05, 0) is 67.6 Å². The Labute approximate surface area is 172 Å². The van der Waals surface area contributed by atoms with Gasteiger partial charge in [-0.2, -0.15) is 13.2 Å². The lowest BCUT2D eigenvalue weighted by atomic mass is 10.1. The molecule has 2 aliphatic rings. The molecule has 0 bridgehead atoms. The van der Waals surface area contributed by atoms with Crippen LogP contribution in [0.4, 0.5) is 23.2 Å². The van der Waals surface area contributed by atoms with Gasteiger partial charge in [0.2, 0.25) is 0 Å². The van der Waals surface area contributed by atoms with Crippen LogP contribution in [0.1, 0.15) is 46.7 Å². The fourth-order valence-corrected chi connectivity index (χ4v) is 3.32. The molecule has 2 fully saturated rings. The number of alkyl halides is 3. The molecule has 0 aromatic heterocycles. The summed E-state index contributed by atoms with van der Waals surface area (Å²) in [5.41, 5.74) is -0.136. The van der Waals surface area contributed by atoms with Crippen molar-refractivity contribution in [3.05, 3.63) is 65.0 Å². The van der Waals surface area contributed by atoms with Crippen molar-refractivity contribution < 1.29 is 22.4 Å². The minimum atomic E-state index is -4.64. The maximum absolute atomic E-state index is 13.8. The molecule has 2 aromatic carbocycles. The van der Waals surface area contributed by atoms with E-state index >= 15 is 0 Å². The third kappa shape index (κ3) is 5.28. The third-order valence-electron chi connectivity index (χ3n) is 5.29. The highest BCUT2D eigenvalue weighted by Gasteiger charge is 2.39. The standard InChI is InChI=1S/C21H20F4N2O.ClH/c22-18-8-5-14(21(23,24)25)9-17(18)20(28)27-15-6-3-13(4-7-15)16-10-19(16)26-11-12-1-2-12;/h3-9,12,16,19,26H,1-2,10-11H2,(H,27,28);1H. The molecule has 0 spiro atoms. The zero-order valence-electron chi connectivity index (χ0n) is 15.4. The number of anilines is 1. The lowest BCUT2D eigenvalue weighted by molar-refractivity contribution is -0.137. The average molecular weight is 429 g/mol. The van der Waals surface area contributed by atoms with Crippen LogP contribution < -0.4 is 10.6 Å². The van der Waals surface area contributed by atoms with E-state index < -0.39 is 29.0 Å². The molecular formula is C21H21ClF4N2O. The monoisotopic (exact) mass is 428 g/mol. The highest BCUT2D eigenvalue weighted by molar-refractivity contribution is 6.04. The topological polar surface area (TPSA) is 41.1 Å². The number of rotatable bonds is 6. The van der Waals surface area contributed by atoms with E-state index in [0.29, 0.717) is 35.8 Å². The maximum Gasteiger partial charge on any atom is 0.416 e. The van der Waals surface area contributed by atoms with Gasteiger partial charge in [-0.1, -0.05) is 12.1 Å². The van der Waals surface area contributed by atoms with Gasteiger partial charge in [0.1, 0.15) is 5.82 Å². The van der Waals surface area contributed by atoms with Gasteiger partial charge in [0.05, 0.1) is 11.1 Å². The maximum atomic E-state index is 13.8. The lowest BCUT2D eigenvalue weighted by Crippen LogP contribution is -2.20. The zero-order valence-corrected chi connectivity index (χ0v) is 16.2. The van der Waals surface area contributed by atoms with E-state index in [2.05, 4.69) is 10.6 Å². The van der Waals surface area contributed by atoms with Crippen molar-refractivity contribution in [1.29, 1.82) is 0 Å². The van der Waals surface area contributed by atoms with E-state index in [1.165, 1.54) is 12.8 Å². The average Bonchev–Trinajstić information content (AvgIpc) is 3.54. The molecule has 3 nitrogen and oxygen atoms in total. The van der Waals surface area contributed by atoms with Crippen molar-refractivity contribution in [1.82, 2.24) is 5.32 Å². The Bertz CT molecular complexity index is 881. The Morgan fingerprint density at radius 2 is 1.76 bits per heavy atom. The second kappa shape index (κ2) is 8.32. The lowest BCUT2D eigenvalue weighted by Gasteiger charge is -2.11. The summed E-state index contributed by atoms with van der Waals surface area (Å²) in [4.78, 5) is 12.2. The second-order valence-corrected chi connectivity index (χ2v) is 7.57. The number of benzene rings is 2. The largest absolute Gasteiger partial charge is 0.416 e. The predicted molar refractivity (Wildman–Crippen MR) is 105 cm³/mol. The van der Waals surface area contributed by atoms with Gasteiger partial charge >= 0.3 is 6.18 Å². The van der Waals surface area contributed by atoms with Crippen LogP contribution in [0, 0.1) is 11.7 Å². The van der Waals surface area contributed by atoms with Crippen LogP contribution in [0.25, 0.3) is 0 Å². The summed E-state index contributed by atoms with van der Waals surface area (Å²) < 4.78 is 52.2. The fourth-order valence-electron chi connectivity index (χ4n) is 3.32. The van der Waals surface area contributed by atoms with Gasteiger partial charge in [-0.25, -0.2) is 4.39 Å². The van der Waals surface area contributed by atoms with Crippen molar-refractivity contribution in [2.75, 3.05) is 11.9 Å². The molecule has 2 N–H and O–H groups in total. The van der Waals surface area contributed by atoms with Gasteiger partial charge in [0.25, 0.3) is 5.91 Å². The number of amides is 1. The summed E-state index contributed by atoms with van der Waals surface area (Å²) in [6, 6.07) is 9.44. The summed E-state index contributed by atoms with van der Waals surface area (Å²) in [6.45, 7) is 1.07. The Kier molecular flexibility index (Phi) is 6.19. The van der Waals surface area contributed by atoms with Gasteiger partial charge in [0, 0.05) is 17.6 Å². The summed E-state index contributed by atoms with van der Waals surface area (Å²) in [7, 11) is 0. The highest BCUT2D eigenvalue weighted by Crippen LogP contribution is 2.42. The van der Waals surface area contributed by atoms with Crippen LogP contribution in [0.5, 0.6) is 0 Å². The number of hydrogen-bond donors (Lipinski definition) is 2. The first-order chi connectivity index (χ1) is 13.3. The number of nitrogens with one attached hydrogen (secondary N) is 2. The molecule has 0 heterocycles. The normalized spacial score (nSPS) is 20.7. The van der Waals surface area contributed by atoms with Gasteiger partial charge < -0.3 is 10.6 Å². The Balaban J connectivity index is 0.00000240. The van der Waals surface area contributed by atoms with E-state index in [-0.39, 0.29) is 12.4 Å². The molecule has 156 valence electrons. The summed E-state index contributed by atoms with van der Waals surface area (Å²) >= 11 is 0. The van der Waals surface area contributed by atoms with Crippen LogP contribution in [0.2, 0.25) is 0 Å². The van der Waals surface area contributed by atoms with Crippen molar-refractivity contribution in [2.45, 2.75) is 37.4 Å². The fraction of sp³-hybridized carbons (Fsp3) is 0.381. The summed E-state index contributed by atoms with van der Waals surface area (Å²) in [5.74, 6) is -0.629. The van der Waals surface area contributed by atoms with Crippen LogP contribution >= 0.6 is 12.4 Å². The number of carbonyl (C=O) groups is 1. The molecule has 2 unspecified atom stereocenters. The molecule has 2 aromatic rings. The Morgan fingerprint density at radius 3 is 2.38 bits per heavy atom. The molecule has 8 heteroatoms. The minimum Gasteiger partial charge on any atom is -0.322 e. The molecule has 0 saturated heterocycles. The highest BCUT2D eigenvalue weighted by atomic mass is 35.5. The smallest absolute Gasteiger partial charge is 0.322 e. The van der Waals surface area contributed by atoms with Crippen LogP contribution in [0.15, 0.2) is 42.5 Å². The third-order valence-corrected chi connectivity index (χ3v) is 5.29. The number of hydrogen-bond acceptors (Lipinski definition) is 2. The molecular weight excluding hydrogens is 408 g/mol. The second-order valence-electron chi connectivity index (χ2n) is 7.57. The van der Waals surface area contributed by atoms with Crippen molar-refractivity contribution in [3.8, 4) is 0 Å². The van der Waals surface area contributed by atoms with E-state index in [9.17, 15) is 22.4 Å². The quantitative estimate of drug-likeness (QED) is 0.607. The van der Waals surface area contributed by atoms with Crippen LogP contribution in [-0.2, 0) is 6.18 Å². The van der Waals surface area contributed by atoms with Gasteiger partial charge in [-0.15, -0.1) is 12.4 Å². The Hall–Kier alpha value is -2.12. The number of carbonyl (C=O) groups excluding carboxylic acids is 1. The van der Waals surface area contributed by atoms with Gasteiger partial charge in [0.15, 0.2) is 0 Å². The van der Waals surface area contributed by atoms with Gasteiger partial charge in [-0.3, -0.25) is 4.79 Å². The van der Waals surface area contributed by atoms with Crippen molar-refractivity contribution in [3.63, 3.8) is 0 Å². The van der Waals surface area contributed by atoms with E-state index in [4.69, 9.17) is 0 Å². The first-order valence-electron chi connectivity index (χ1n) is 9.32. The van der Waals surface area contributed by atoms with Crippen LogP contribution in [-0.4, -0.2) is 18.5 Å². The molecule has 2 saturated carbocycles. The zero-order chi connectivity index (χ0) is 19.9. The Morgan fingerprint density at radius 1 is 1.07 bits per heavy atom. The molecule has 4 rings (SSSR count). The molecule has 2 atom stereocenters. The first kappa shape index (κ1) is 21.6. The van der Waals surface area contributed by atoms with E-state index in [1.807, 2.05) is 12.1 Å². The molecule has 0 aliphatic heterocycles. The molecule has 0 radical (unpaired) electrons. The molecule has 1 amide bonds. The summed E-state index contributed by atoms with van der Waals surface area (Å²) in [6.07, 6.45) is -0.941. The number of halogens is 5. The van der Waals surface area contributed by atoms with Crippen molar-refractivity contribution in [2.24, 2.45) is 5.92 Å². The minimum absolute atomic E-state index is 0. The van der Waals surface area contributed by atoms with E-state index in [0.717, 1.165) is 24.4 Å².